The molecule has 24 heavy (non-hydrogen) atoms. The van der Waals surface area contributed by atoms with Gasteiger partial charge >= 0.3 is 0 Å². The fraction of sp³-hybridized carbons (Fsp3) is 0.647. The summed E-state index contributed by atoms with van der Waals surface area (Å²) in [5.74, 6) is 1.89. The van der Waals surface area contributed by atoms with Crippen molar-refractivity contribution in [2.45, 2.75) is 39.0 Å². The predicted octanol–water partition coefficient (Wildman–Crippen LogP) is 3.61. The highest BCUT2D eigenvalue weighted by atomic mass is 79.9. The van der Waals surface area contributed by atoms with Crippen molar-refractivity contribution in [1.29, 1.82) is 0 Å². The Labute approximate surface area is 161 Å². The zero-order valence-corrected chi connectivity index (χ0v) is 19.3. The second kappa shape index (κ2) is 14.2. The molecule has 0 aliphatic heterocycles. The smallest absolute Gasteiger partial charge is 0.133 e. The van der Waals surface area contributed by atoms with Crippen LogP contribution in [0.3, 0.4) is 0 Å². The lowest BCUT2D eigenvalue weighted by atomic mass is 10.2. The van der Waals surface area contributed by atoms with Gasteiger partial charge in [0.15, 0.2) is 0 Å². The molecule has 0 bridgehead atoms. The molecule has 1 rings (SSSR count). The first-order valence-corrected chi connectivity index (χ1v) is 11.6. The van der Waals surface area contributed by atoms with E-state index in [1.165, 1.54) is 34.8 Å². The molecule has 0 N–H and O–H groups in total. The van der Waals surface area contributed by atoms with Gasteiger partial charge in [-0.15, -0.1) is 0 Å². The van der Waals surface area contributed by atoms with Gasteiger partial charge in [0.05, 0.1) is 30.4 Å². The van der Waals surface area contributed by atoms with E-state index in [1.54, 1.807) is 0 Å². The quantitative estimate of drug-likeness (QED) is 0.253. The van der Waals surface area contributed by atoms with Gasteiger partial charge in [-0.2, -0.15) is 0 Å². The number of ether oxygens (including phenoxy) is 3. The zero-order valence-electron chi connectivity index (χ0n) is 14.9. The van der Waals surface area contributed by atoms with Gasteiger partial charge in [0.2, 0.25) is 0 Å². The summed E-state index contributed by atoms with van der Waals surface area (Å²) < 4.78 is 23.4. The topological polar surface area (TPSA) is 36.9 Å². The van der Waals surface area contributed by atoms with E-state index in [1.807, 2.05) is 32.0 Å². The second-order valence-electron chi connectivity index (χ2n) is 5.39. The minimum atomic E-state index is 0.117. The molecular formula is C17H29BrO4SSi. The highest BCUT2D eigenvalue weighted by molar-refractivity contribution is 9.10. The van der Waals surface area contributed by atoms with Crippen molar-refractivity contribution in [3.8, 4) is 5.75 Å². The maximum Gasteiger partial charge on any atom is 0.133 e. The summed E-state index contributed by atoms with van der Waals surface area (Å²) in [5, 5.41) is 0. The normalized spacial score (nSPS) is 12.5. The Morgan fingerprint density at radius 2 is 2.12 bits per heavy atom. The molecule has 0 aliphatic rings. The third kappa shape index (κ3) is 10.1. The van der Waals surface area contributed by atoms with Crippen LogP contribution in [0.15, 0.2) is 22.7 Å². The molecule has 0 radical (unpaired) electrons. The Bertz CT molecular complexity index is 451. The summed E-state index contributed by atoms with van der Waals surface area (Å²) >= 11 is 5.05. The predicted molar refractivity (Wildman–Crippen MR) is 108 cm³/mol. The van der Waals surface area contributed by atoms with Crippen molar-refractivity contribution in [3.63, 3.8) is 0 Å². The molecule has 0 spiro atoms. The van der Waals surface area contributed by atoms with E-state index in [-0.39, 0.29) is 6.10 Å². The Kier molecular flexibility index (Phi) is 13.0. The van der Waals surface area contributed by atoms with Crippen molar-refractivity contribution in [1.82, 2.24) is 0 Å². The summed E-state index contributed by atoms with van der Waals surface area (Å²) in [6.45, 7) is 6.98. The van der Waals surface area contributed by atoms with Gasteiger partial charge in [-0.3, -0.25) is 0 Å². The first kappa shape index (κ1) is 22.0. The van der Waals surface area contributed by atoms with Gasteiger partial charge in [-0.25, -0.2) is 0 Å². The van der Waals surface area contributed by atoms with E-state index < -0.39 is 0 Å². The maximum atomic E-state index is 5.79. The minimum Gasteiger partial charge on any atom is -0.490 e. The zero-order chi connectivity index (χ0) is 17.6. The Balaban J connectivity index is 2.29. The van der Waals surface area contributed by atoms with Crippen LogP contribution < -0.4 is 4.74 Å². The van der Waals surface area contributed by atoms with E-state index in [9.17, 15) is 0 Å². The fourth-order valence-electron chi connectivity index (χ4n) is 1.93. The van der Waals surface area contributed by atoms with Gasteiger partial charge in [0, 0.05) is 22.6 Å². The Hall–Kier alpha value is -0.0531. The molecule has 1 aromatic carbocycles. The number of hydrogen-bond acceptors (Lipinski definition) is 5. The summed E-state index contributed by atoms with van der Waals surface area (Å²) in [4.78, 5) is 0. The molecule has 0 unspecified atom stereocenters. The van der Waals surface area contributed by atoms with Crippen LogP contribution >= 0.6 is 28.0 Å². The van der Waals surface area contributed by atoms with E-state index in [0.29, 0.717) is 33.0 Å². The summed E-state index contributed by atoms with van der Waals surface area (Å²) in [6.07, 6.45) is 1.36. The molecule has 1 aromatic rings. The molecule has 1 atom stereocenters. The average molecular weight is 437 g/mol. The number of benzene rings is 1. The van der Waals surface area contributed by atoms with E-state index in [4.69, 9.17) is 18.4 Å². The lowest BCUT2D eigenvalue weighted by Crippen LogP contribution is -2.15. The van der Waals surface area contributed by atoms with E-state index in [0.717, 1.165) is 21.5 Å². The molecule has 0 aliphatic carbocycles. The van der Waals surface area contributed by atoms with Crippen molar-refractivity contribution in [2.75, 3.05) is 32.2 Å². The molecule has 4 nitrogen and oxygen atoms in total. The summed E-state index contributed by atoms with van der Waals surface area (Å²) in [7, 11) is 1.27. The van der Waals surface area contributed by atoms with Crippen LogP contribution in [0.25, 0.3) is 0 Å². The molecule has 0 saturated carbocycles. The van der Waals surface area contributed by atoms with Gasteiger partial charge in [-0.05, 0) is 65.9 Å². The summed E-state index contributed by atoms with van der Waals surface area (Å²) in [5.41, 5.74) is 1.08. The summed E-state index contributed by atoms with van der Waals surface area (Å²) in [6, 6.07) is 7.35. The molecule has 138 valence electrons. The number of halogens is 1. The van der Waals surface area contributed by atoms with Crippen LogP contribution in [0.1, 0.15) is 25.8 Å². The third-order valence-corrected chi connectivity index (χ3v) is 5.31. The van der Waals surface area contributed by atoms with Crippen LogP contribution in [-0.4, -0.2) is 48.5 Å². The van der Waals surface area contributed by atoms with Crippen molar-refractivity contribution in [3.05, 3.63) is 28.2 Å². The third-order valence-electron chi connectivity index (χ3n) is 3.16. The molecular weight excluding hydrogens is 408 g/mol. The van der Waals surface area contributed by atoms with Crippen molar-refractivity contribution >= 4 is 38.2 Å². The van der Waals surface area contributed by atoms with Gasteiger partial charge in [-0.1, -0.05) is 12.1 Å². The molecule has 0 fully saturated rings. The SMILES string of the molecule is CCO[C@H](C)COCc1ccc(Br)c(OCCOSCCC[SiH3])c1. The monoisotopic (exact) mass is 436 g/mol. The van der Waals surface area contributed by atoms with Crippen molar-refractivity contribution in [2.24, 2.45) is 0 Å². The Morgan fingerprint density at radius 3 is 2.88 bits per heavy atom. The fourth-order valence-corrected chi connectivity index (χ4v) is 3.87. The molecule has 0 aromatic heterocycles. The molecule has 0 heterocycles. The highest BCUT2D eigenvalue weighted by Crippen LogP contribution is 2.26. The van der Waals surface area contributed by atoms with Gasteiger partial charge in [0.25, 0.3) is 0 Å². The first-order valence-electron chi connectivity index (χ1n) is 8.52. The Morgan fingerprint density at radius 1 is 1.29 bits per heavy atom. The maximum absolute atomic E-state index is 5.79. The van der Waals surface area contributed by atoms with Gasteiger partial charge in [0.1, 0.15) is 12.4 Å². The van der Waals surface area contributed by atoms with Crippen LogP contribution in [0.2, 0.25) is 6.04 Å². The average Bonchev–Trinajstić information content (AvgIpc) is 2.57. The van der Waals surface area contributed by atoms with E-state index in [2.05, 4.69) is 15.9 Å². The molecule has 0 amide bonds. The molecule has 0 saturated heterocycles. The van der Waals surface area contributed by atoms with Crippen LogP contribution in [0.5, 0.6) is 5.75 Å². The first-order chi connectivity index (χ1) is 11.7. The lowest BCUT2D eigenvalue weighted by Gasteiger charge is -2.13. The standard InChI is InChI=1S/C17H29BrO4SSi/c1-3-20-14(2)12-19-13-15-5-6-16(18)17(11-15)21-7-8-22-23-9-4-10-24/h5-6,11,14H,3-4,7-10,12-13H2,1-2,24H3/t14-/m1/s1. The second-order valence-corrected chi connectivity index (χ2v) is 8.13. The highest BCUT2D eigenvalue weighted by Gasteiger charge is 2.05. The largest absolute Gasteiger partial charge is 0.490 e. The molecule has 7 heteroatoms. The van der Waals surface area contributed by atoms with E-state index >= 15 is 0 Å². The van der Waals surface area contributed by atoms with Gasteiger partial charge < -0.3 is 18.4 Å². The number of hydrogen-bond donors (Lipinski definition) is 0. The minimum absolute atomic E-state index is 0.117. The van der Waals surface area contributed by atoms with Crippen LogP contribution in [0, 0.1) is 0 Å². The lowest BCUT2D eigenvalue weighted by molar-refractivity contribution is -0.00716. The number of rotatable bonds is 14. The van der Waals surface area contributed by atoms with Crippen LogP contribution in [-0.2, 0) is 20.3 Å². The van der Waals surface area contributed by atoms with Crippen molar-refractivity contribution < 1.29 is 18.4 Å². The van der Waals surface area contributed by atoms with Crippen LogP contribution in [0.4, 0.5) is 0 Å².